The van der Waals surface area contributed by atoms with E-state index >= 15 is 0 Å². The van der Waals surface area contributed by atoms with Gasteiger partial charge in [-0.1, -0.05) is 0 Å². The van der Waals surface area contributed by atoms with Crippen LogP contribution in [-0.4, -0.2) is 30.6 Å². The van der Waals surface area contributed by atoms with Gasteiger partial charge in [0.25, 0.3) is 0 Å². The van der Waals surface area contributed by atoms with Crippen molar-refractivity contribution in [1.29, 1.82) is 0 Å². The predicted molar refractivity (Wildman–Crippen MR) is 62.1 cm³/mol. The number of aryl methyl sites for hydroxylation is 1. The lowest BCUT2D eigenvalue weighted by atomic mass is 10.2. The number of halogens is 3. The number of rotatable bonds is 5. The number of nitrogens with two attached hydrogens (primary N) is 1. The van der Waals surface area contributed by atoms with Crippen LogP contribution >= 0.6 is 0 Å². The fourth-order valence-corrected chi connectivity index (χ4v) is 1.55. The molecule has 108 valence electrons. The first kappa shape index (κ1) is 15.5. The maximum absolute atomic E-state index is 12.1. The molecule has 3 N–H and O–H groups in total. The van der Waals surface area contributed by atoms with Gasteiger partial charge in [-0.2, -0.15) is 13.2 Å². The SMILES string of the molecule is Cc1oc(C(=O)NN)cc1CN(C)CCC(F)(F)F. The number of hydrogen-bond acceptors (Lipinski definition) is 4. The molecule has 0 saturated heterocycles. The number of nitrogen functional groups attached to an aromatic ring is 1. The minimum atomic E-state index is -4.18. The van der Waals surface area contributed by atoms with Crippen LogP contribution in [0.5, 0.6) is 0 Å². The van der Waals surface area contributed by atoms with Crippen LogP contribution in [0.2, 0.25) is 0 Å². The van der Waals surface area contributed by atoms with Gasteiger partial charge in [0, 0.05) is 18.7 Å². The molecular formula is C11H16F3N3O2. The van der Waals surface area contributed by atoms with Crippen LogP contribution in [0, 0.1) is 6.92 Å². The van der Waals surface area contributed by atoms with E-state index in [0.29, 0.717) is 11.3 Å². The molecule has 0 fully saturated rings. The zero-order valence-electron chi connectivity index (χ0n) is 10.7. The molecule has 0 unspecified atom stereocenters. The van der Waals surface area contributed by atoms with Crippen molar-refractivity contribution < 1.29 is 22.4 Å². The summed E-state index contributed by atoms with van der Waals surface area (Å²) in [6, 6.07) is 1.47. The van der Waals surface area contributed by atoms with E-state index in [2.05, 4.69) is 0 Å². The van der Waals surface area contributed by atoms with Gasteiger partial charge in [0.1, 0.15) is 5.76 Å². The van der Waals surface area contributed by atoms with Crippen LogP contribution in [0.25, 0.3) is 0 Å². The Labute approximate surface area is 108 Å². The van der Waals surface area contributed by atoms with Crippen molar-refractivity contribution in [2.45, 2.75) is 26.1 Å². The van der Waals surface area contributed by atoms with E-state index in [4.69, 9.17) is 10.3 Å². The van der Waals surface area contributed by atoms with Crippen molar-refractivity contribution in [3.63, 3.8) is 0 Å². The number of alkyl halides is 3. The molecule has 8 heteroatoms. The Morgan fingerprint density at radius 2 is 2.16 bits per heavy atom. The van der Waals surface area contributed by atoms with Gasteiger partial charge < -0.3 is 9.32 Å². The molecule has 0 aliphatic rings. The Morgan fingerprint density at radius 1 is 1.53 bits per heavy atom. The number of hydrogen-bond donors (Lipinski definition) is 2. The molecule has 1 rings (SSSR count). The number of carbonyl (C=O) groups excluding carboxylic acids is 1. The molecule has 0 aromatic carbocycles. The first-order valence-corrected chi connectivity index (χ1v) is 5.58. The summed E-state index contributed by atoms with van der Waals surface area (Å²) >= 11 is 0. The Hall–Kier alpha value is -1.54. The third-order valence-corrected chi connectivity index (χ3v) is 2.59. The second kappa shape index (κ2) is 6.07. The Kier molecular flexibility index (Phi) is 4.96. The first-order valence-electron chi connectivity index (χ1n) is 5.58. The molecule has 0 atom stereocenters. The highest BCUT2D eigenvalue weighted by atomic mass is 19.4. The smallest absolute Gasteiger partial charge is 0.390 e. The van der Waals surface area contributed by atoms with Crippen molar-refractivity contribution >= 4 is 5.91 Å². The summed E-state index contributed by atoms with van der Waals surface area (Å²) in [5, 5.41) is 0. The Morgan fingerprint density at radius 3 is 2.68 bits per heavy atom. The van der Waals surface area contributed by atoms with Gasteiger partial charge in [-0.05, 0) is 20.0 Å². The summed E-state index contributed by atoms with van der Waals surface area (Å²) in [4.78, 5) is 12.7. The van der Waals surface area contributed by atoms with Gasteiger partial charge in [-0.15, -0.1) is 0 Å². The van der Waals surface area contributed by atoms with Crippen LogP contribution in [0.3, 0.4) is 0 Å². The quantitative estimate of drug-likeness (QED) is 0.487. The van der Waals surface area contributed by atoms with E-state index in [1.54, 1.807) is 14.0 Å². The normalized spacial score (nSPS) is 11.9. The second-order valence-corrected chi connectivity index (χ2v) is 4.27. The van der Waals surface area contributed by atoms with Crippen LogP contribution in [0.4, 0.5) is 13.2 Å². The summed E-state index contributed by atoms with van der Waals surface area (Å²) in [5.41, 5.74) is 2.58. The molecule has 0 spiro atoms. The summed E-state index contributed by atoms with van der Waals surface area (Å²) < 4.78 is 41.4. The Balaban J connectivity index is 2.62. The molecular weight excluding hydrogens is 263 g/mol. The maximum atomic E-state index is 12.1. The highest BCUT2D eigenvalue weighted by Crippen LogP contribution is 2.21. The second-order valence-electron chi connectivity index (χ2n) is 4.27. The molecule has 19 heavy (non-hydrogen) atoms. The fraction of sp³-hybridized carbons (Fsp3) is 0.545. The third-order valence-electron chi connectivity index (χ3n) is 2.59. The number of nitrogens with zero attached hydrogens (tertiary/aromatic N) is 1. The van der Waals surface area contributed by atoms with E-state index in [0.717, 1.165) is 0 Å². The minimum Gasteiger partial charge on any atom is -0.456 e. The molecule has 1 aromatic rings. The van der Waals surface area contributed by atoms with Gasteiger partial charge in [-0.25, -0.2) is 5.84 Å². The van der Waals surface area contributed by atoms with Gasteiger partial charge in [0.2, 0.25) is 0 Å². The molecule has 5 nitrogen and oxygen atoms in total. The van der Waals surface area contributed by atoms with Crippen molar-refractivity contribution in [3.05, 3.63) is 23.2 Å². The minimum absolute atomic E-state index is 0.0409. The van der Waals surface area contributed by atoms with Crippen LogP contribution < -0.4 is 11.3 Å². The monoisotopic (exact) mass is 279 g/mol. The highest BCUT2D eigenvalue weighted by molar-refractivity contribution is 5.91. The van der Waals surface area contributed by atoms with Crippen LogP contribution in [-0.2, 0) is 6.54 Å². The molecule has 0 aliphatic heterocycles. The van der Waals surface area contributed by atoms with Crippen molar-refractivity contribution in [2.24, 2.45) is 5.84 Å². The Bertz CT molecular complexity index is 443. The lowest BCUT2D eigenvalue weighted by Gasteiger charge is -2.17. The van der Waals surface area contributed by atoms with Gasteiger partial charge in [-0.3, -0.25) is 10.2 Å². The van der Waals surface area contributed by atoms with Crippen molar-refractivity contribution in [3.8, 4) is 0 Å². The lowest BCUT2D eigenvalue weighted by molar-refractivity contribution is -0.137. The average molecular weight is 279 g/mol. The summed E-state index contributed by atoms with van der Waals surface area (Å²) in [5.74, 6) is 4.91. The van der Waals surface area contributed by atoms with Crippen LogP contribution in [0.1, 0.15) is 28.3 Å². The van der Waals surface area contributed by atoms with Crippen molar-refractivity contribution in [1.82, 2.24) is 10.3 Å². The zero-order valence-corrected chi connectivity index (χ0v) is 10.7. The van der Waals surface area contributed by atoms with Crippen molar-refractivity contribution in [2.75, 3.05) is 13.6 Å². The maximum Gasteiger partial charge on any atom is 0.390 e. The van der Waals surface area contributed by atoms with E-state index in [1.807, 2.05) is 5.43 Å². The average Bonchev–Trinajstić information content (AvgIpc) is 2.66. The number of hydrazine groups is 1. The van der Waals surface area contributed by atoms with E-state index in [-0.39, 0.29) is 18.8 Å². The summed E-state index contributed by atoms with van der Waals surface area (Å²) in [6.07, 6.45) is -5.05. The van der Waals surface area contributed by atoms with E-state index in [9.17, 15) is 18.0 Å². The van der Waals surface area contributed by atoms with Gasteiger partial charge >= 0.3 is 12.1 Å². The third kappa shape index (κ3) is 4.92. The van der Waals surface area contributed by atoms with E-state index in [1.165, 1.54) is 11.0 Å². The largest absolute Gasteiger partial charge is 0.456 e. The van der Waals surface area contributed by atoms with Gasteiger partial charge in [0.15, 0.2) is 5.76 Å². The predicted octanol–water partition coefficient (Wildman–Crippen LogP) is 1.58. The van der Waals surface area contributed by atoms with Gasteiger partial charge in [0.05, 0.1) is 6.42 Å². The molecule has 1 amide bonds. The molecule has 0 aliphatic carbocycles. The fourth-order valence-electron chi connectivity index (χ4n) is 1.55. The van der Waals surface area contributed by atoms with E-state index < -0.39 is 18.5 Å². The lowest BCUT2D eigenvalue weighted by Crippen LogP contribution is -2.29. The molecule has 1 heterocycles. The zero-order chi connectivity index (χ0) is 14.6. The van der Waals surface area contributed by atoms with Crippen LogP contribution in [0.15, 0.2) is 10.5 Å². The number of carbonyl (C=O) groups is 1. The summed E-state index contributed by atoms with van der Waals surface area (Å²) in [6.45, 7) is 1.79. The topological polar surface area (TPSA) is 71.5 Å². The number of amides is 1. The molecule has 1 aromatic heterocycles. The number of nitrogens with one attached hydrogen (secondary N) is 1. The molecule has 0 radical (unpaired) electrons. The molecule has 0 bridgehead atoms. The first-order chi connectivity index (χ1) is 8.73. The number of furan rings is 1. The standard InChI is InChI=1S/C11H16F3N3O2/c1-7-8(5-9(19-7)10(18)16-15)6-17(2)4-3-11(12,13)14/h5H,3-4,6,15H2,1-2H3,(H,16,18). The highest BCUT2D eigenvalue weighted by Gasteiger charge is 2.27. The molecule has 0 saturated carbocycles. The summed E-state index contributed by atoms with van der Waals surface area (Å²) in [7, 11) is 1.57.